The van der Waals surface area contributed by atoms with E-state index in [9.17, 15) is 13.2 Å². The van der Waals surface area contributed by atoms with Crippen molar-refractivity contribution in [3.63, 3.8) is 0 Å². The van der Waals surface area contributed by atoms with Gasteiger partial charge >= 0.3 is 6.36 Å². The molecular formula is C14H9F3N2O. The second-order valence-electron chi connectivity index (χ2n) is 4.18. The lowest BCUT2D eigenvalue weighted by Gasteiger charge is -2.07. The van der Waals surface area contributed by atoms with Gasteiger partial charge in [0.15, 0.2) is 0 Å². The lowest BCUT2D eigenvalue weighted by Crippen LogP contribution is -2.16. The largest absolute Gasteiger partial charge is 0.573 e. The van der Waals surface area contributed by atoms with E-state index in [1.807, 2.05) is 30.3 Å². The van der Waals surface area contributed by atoms with Crippen LogP contribution < -0.4 is 4.74 Å². The highest BCUT2D eigenvalue weighted by Gasteiger charge is 2.31. The van der Waals surface area contributed by atoms with Crippen LogP contribution in [0.1, 0.15) is 0 Å². The van der Waals surface area contributed by atoms with E-state index in [4.69, 9.17) is 0 Å². The van der Waals surface area contributed by atoms with E-state index >= 15 is 0 Å². The summed E-state index contributed by atoms with van der Waals surface area (Å²) in [6, 6.07) is 13.4. The number of rotatable bonds is 2. The Labute approximate surface area is 112 Å². The Hall–Kier alpha value is -2.50. The lowest BCUT2D eigenvalue weighted by molar-refractivity contribution is -0.274. The van der Waals surface area contributed by atoms with Gasteiger partial charge in [0.25, 0.3) is 0 Å². The van der Waals surface area contributed by atoms with Gasteiger partial charge in [-0.2, -0.15) is 0 Å². The van der Waals surface area contributed by atoms with Crippen molar-refractivity contribution in [2.45, 2.75) is 6.36 Å². The summed E-state index contributed by atoms with van der Waals surface area (Å²) in [6.07, 6.45) is -4.70. The molecule has 0 aliphatic rings. The van der Waals surface area contributed by atoms with Gasteiger partial charge in [-0.1, -0.05) is 30.3 Å². The predicted molar refractivity (Wildman–Crippen MR) is 68.2 cm³/mol. The molecule has 3 aromatic rings. The first kappa shape index (κ1) is 12.5. The molecule has 0 radical (unpaired) electrons. The molecule has 2 aromatic carbocycles. The van der Waals surface area contributed by atoms with Crippen LogP contribution in [-0.2, 0) is 0 Å². The molecule has 1 heterocycles. The van der Waals surface area contributed by atoms with Crippen LogP contribution in [-0.4, -0.2) is 16.3 Å². The molecule has 0 unspecified atom stereocenters. The zero-order valence-electron chi connectivity index (χ0n) is 10.1. The first-order chi connectivity index (χ1) is 9.51. The number of hydrogen-bond acceptors (Lipinski definition) is 2. The van der Waals surface area contributed by atoms with E-state index in [0.717, 1.165) is 5.56 Å². The van der Waals surface area contributed by atoms with Gasteiger partial charge in [0, 0.05) is 11.6 Å². The van der Waals surface area contributed by atoms with Crippen LogP contribution in [0.2, 0.25) is 0 Å². The van der Waals surface area contributed by atoms with Crippen LogP contribution in [0, 0.1) is 0 Å². The van der Waals surface area contributed by atoms with Crippen LogP contribution in [0.15, 0.2) is 48.5 Å². The molecule has 20 heavy (non-hydrogen) atoms. The third kappa shape index (κ3) is 2.59. The molecule has 1 N–H and O–H groups in total. The number of hydrogen-bond donors (Lipinski definition) is 1. The molecule has 0 aliphatic carbocycles. The average Bonchev–Trinajstić information content (AvgIpc) is 2.81. The number of nitrogens with zero attached hydrogens (tertiary/aromatic N) is 1. The Morgan fingerprint density at radius 2 is 1.75 bits per heavy atom. The SMILES string of the molecule is FC(F)(F)Oc1ccc2[nH]c(-c3ccccc3)nc2c1. The summed E-state index contributed by atoms with van der Waals surface area (Å²) in [5, 5.41) is 0. The smallest absolute Gasteiger partial charge is 0.406 e. The summed E-state index contributed by atoms with van der Waals surface area (Å²) in [6.45, 7) is 0. The van der Waals surface area contributed by atoms with Gasteiger partial charge in [0.2, 0.25) is 0 Å². The number of halogens is 3. The standard InChI is InChI=1S/C14H9F3N2O/c15-14(16,17)20-10-6-7-11-12(8-10)19-13(18-11)9-4-2-1-3-5-9/h1-8H,(H,18,19). The van der Waals surface area contributed by atoms with Gasteiger partial charge < -0.3 is 9.72 Å². The minimum Gasteiger partial charge on any atom is -0.406 e. The maximum atomic E-state index is 12.2. The summed E-state index contributed by atoms with van der Waals surface area (Å²) < 4.78 is 40.4. The molecule has 0 aliphatic heterocycles. The Morgan fingerprint density at radius 1 is 1.00 bits per heavy atom. The Balaban J connectivity index is 2.00. The van der Waals surface area contributed by atoms with Crippen molar-refractivity contribution in [2.75, 3.05) is 0 Å². The summed E-state index contributed by atoms with van der Waals surface area (Å²) in [5.74, 6) is 0.320. The third-order valence-electron chi connectivity index (χ3n) is 2.74. The van der Waals surface area contributed by atoms with E-state index < -0.39 is 6.36 Å². The van der Waals surface area contributed by atoms with Crippen molar-refractivity contribution in [3.05, 3.63) is 48.5 Å². The maximum absolute atomic E-state index is 12.2. The van der Waals surface area contributed by atoms with E-state index in [1.54, 1.807) is 0 Å². The molecule has 102 valence electrons. The highest BCUT2D eigenvalue weighted by atomic mass is 19.4. The number of ether oxygens (including phenoxy) is 1. The van der Waals surface area contributed by atoms with Crippen molar-refractivity contribution in [2.24, 2.45) is 0 Å². The fourth-order valence-corrected chi connectivity index (χ4v) is 1.92. The molecule has 0 saturated heterocycles. The second kappa shape index (κ2) is 4.56. The predicted octanol–water partition coefficient (Wildman–Crippen LogP) is 4.13. The van der Waals surface area contributed by atoms with Crippen molar-refractivity contribution in [1.29, 1.82) is 0 Å². The summed E-state index contributed by atoms with van der Waals surface area (Å²) in [4.78, 5) is 7.32. The second-order valence-corrected chi connectivity index (χ2v) is 4.18. The lowest BCUT2D eigenvalue weighted by atomic mass is 10.2. The highest BCUT2D eigenvalue weighted by Crippen LogP contribution is 2.27. The summed E-state index contributed by atoms with van der Waals surface area (Å²) in [7, 11) is 0. The minimum atomic E-state index is -4.70. The van der Waals surface area contributed by atoms with E-state index in [-0.39, 0.29) is 5.75 Å². The van der Waals surface area contributed by atoms with Crippen LogP contribution in [0.5, 0.6) is 5.75 Å². The Morgan fingerprint density at radius 3 is 2.45 bits per heavy atom. The Bertz CT molecular complexity index is 735. The number of H-pyrrole nitrogens is 1. The first-order valence-corrected chi connectivity index (χ1v) is 5.82. The molecule has 3 nitrogen and oxygen atoms in total. The maximum Gasteiger partial charge on any atom is 0.573 e. The van der Waals surface area contributed by atoms with Crippen molar-refractivity contribution < 1.29 is 17.9 Å². The van der Waals surface area contributed by atoms with Crippen LogP contribution in [0.4, 0.5) is 13.2 Å². The summed E-state index contributed by atoms with van der Waals surface area (Å²) in [5.41, 5.74) is 1.94. The fraction of sp³-hybridized carbons (Fsp3) is 0.0714. The monoisotopic (exact) mass is 278 g/mol. The third-order valence-corrected chi connectivity index (χ3v) is 2.74. The van der Waals surface area contributed by atoms with Gasteiger partial charge in [-0.05, 0) is 12.1 Å². The summed E-state index contributed by atoms with van der Waals surface area (Å²) >= 11 is 0. The fourth-order valence-electron chi connectivity index (χ4n) is 1.92. The number of alkyl halides is 3. The van der Waals surface area contributed by atoms with Gasteiger partial charge in [-0.25, -0.2) is 4.98 Å². The number of aromatic nitrogens is 2. The number of nitrogens with one attached hydrogen (secondary N) is 1. The molecular weight excluding hydrogens is 269 g/mol. The molecule has 3 rings (SSSR count). The molecule has 0 fully saturated rings. The topological polar surface area (TPSA) is 37.9 Å². The van der Waals surface area contributed by atoms with Crippen molar-refractivity contribution in [1.82, 2.24) is 9.97 Å². The number of imidazole rings is 1. The van der Waals surface area contributed by atoms with E-state index in [0.29, 0.717) is 16.9 Å². The zero-order chi connectivity index (χ0) is 14.2. The zero-order valence-corrected chi connectivity index (χ0v) is 10.1. The van der Waals surface area contributed by atoms with Crippen LogP contribution >= 0.6 is 0 Å². The number of benzene rings is 2. The molecule has 1 aromatic heterocycles. The van der Waals surface area contributed by atoms with Gasteiger partial charge in [0.1, 0.15) is 11.6 Å². The van der Waals surface area contributed by atoms with Crippen LogP contribution in [0.3, 0.4) is 0 Å². The van der Waals surface area contributed by atoms with E-state index in [1.165, 1.54) is 18.2 Å². The molecule has 0 atom stereocenters. The number of aromatic amines is 1. The number of fused-ring (bicyclic) bond motifs is 1. The molecule has 0 amide bonds. The minimum absolute atomic E-state index is 0.281. The average molecular weight is 278 g/mol. The molecule has 0 saturated carbocycles. The highest BCUT2D eigenvalue weighted by molar-refractivity contribution is 5.80. The normalized spacial score (nSPS) is 11.8. The van der Waals surface area contributed by atoms with Crippen LogP contribution in [0.25, 0.3) is 22.4 Å². The quantitative estimate of drug-likeness (QED) is 0.765. The van der Waals surface area contributed by atoms with Gasteiger partial charge in [-0.3, -0.25) is 0 Å². The molecule has 0 spiro atoms. The first-order valence-electron chi connectivity index (χ1n) is 5.82. The van der Waals surface area contributed by atoms with Gasteiger partial charge in [0.05, 0.1) is 11.0 Å². The molecule has 6 heteroatoms. The van der Waals surface area contributed by atoms with Crippen molar-refractivity contribution in [3.8, 4) is 17.1 Å². The van der Waals surface area contributed by atoms with Crippen molar-refractivity contribution >= 4 is 11.0 Å². The van der Waals surface area contributed by atoms with E-state index in [2.05, 4.69) is 14.7 Å². The Kier molecular flexibility index (Phi) is 2.85. The van der Waals surface area contributed by atoms with Gasteiger partial charge in [-0.15, -0.1) is 13.2 Å². The molecule has 0 bridgehead atoms.